The normalized spacial score (nSPS) is 12.8. The van der Waals surface area contributed by atoms with Gasteiger partial charge in [-0.25, -0.2) is 0 Å². The number of benzene rings is 1. The van der Waals surface area contributed by atoms with Gasteiger partial charge in [-0.05, 0) is 33.3 Å². The summed E-state index contributed by atoms with van der Waals surface area (Å²) in [6.45, 7) is 8.31. The highest BCUT2D eigenvalue weighted by atomic mass is 16.5. The topological polar surface area (TPSA) is 50.4 Å². The van der Waals surface area contributed by atoms with Crippen molar-refractivity contribution < 1.29 is 9.53 Å². The van der Waals surface area contributed by atoms with Crippen molar-refractivity contribution in [3.05, 3.63) is 29.8 Å². The molecule has 1 unspecified atom stereocenters. The summed E-state index contributed by atoms with van der Waals surface area (Å²) >= 11 is 0. The fourth-order valence-electron chi connectivity index (χ4n) is 2.11. The second-order valence-corrected chi connectivity index (χ2v) is 5.88. The number of carbonyl (C=O) groups is 1. The highest BCUT2D eigenvalue weighted by Gasteiger charge is 2.17. The van der Waals surface area contributed by atoms with Crippen LogP contribution in [-0.2, 0) is 4.79 Å². The van der Waals surface area contributed by atoms with Gasteiger partial charge in [0, 0.05) is 17.1 Å². The van der Waals surface area contributed by atoms with E-state index in [1.54, 1.807) is 7.11 Å². The van der Waals surface area contributed by atoms with E-state index < -0.39 is 0 Å². The molecule has 0 aliphatic heterocycles. The van der Waals surface area contributed by atoms with Gasteiger partial charge in [-0.1, -0.05) is 25.1 Å². The molecular weight excluding hydrogens is 252 g/mol. The van der Waals surface area contributed by atoms with Gasteiger partial charge in [0.2, 0.25) is 5.91 Å². The molecule has 0 fully saturated rings. The minimum absolute atomic E-state index is 0.00541. The van der Waals surface area contributed by atoms with E-state index in [1.807, 2.05) is 45.0 Å². The van der Waals surface area contributed by atoms with Crippen molar-refractivity contribution in [2.24, 2.45) is 0 Å². The van der Waals surface area contributed by atoms with Gasteiger partial charge in [-0.15, -0.1) is 0 Å². The number of ether oxygens (including phenoxy) is 1. The van der Waals surface area contributed by atoms with Gasteiger partial charge in [-0.3, -0.25) is 4.79 Å². The average Bonchev–Trinajstić information content (AvgIpc) is 2.38. The molecule has 0 bridgehead atoms. The van der Waals surface area contributed by atoms with Crippen LogP contribution in [0.25, 0.3) is 0 Å². The Balaban J connectivity index is 2.66. The third-order valence-electron chi connectivity index (χ3n) is 2.95. The molecule has 1 aromatic rings. The molecule has 112 valence electrons. The minimum Gasteiger partial charge on any atom is -0.496 e. The Kier molecular flexibility index (Phi) is 6.02. The Bertz CT molecular complexity index is 438. The number of carbonyl (C=O) groups excluding carboxylic acids is 1. The molecule has 0 heterocycles. The Morgan fingerprint density at radius 2 is 1.95 bits per heavy atom. The Morgan fingerprint density at radius 1 is 1.30 bits per heavy atom. The SMILES string of the molecule is CCC(NCC(=O)NC(C)(C)C)c1ccccc1OC. The first-order valence-corrected chi connectivity index (χ1v) is 7.04. The van der Waals surface area contributed by atoms with E-state index in [2.05, 4.69) is 17.6 Å². The van der Waals surface area contributed by atoms with Gasteiger partial charge in [0.05, 0.1) is 13.7 Å². The molecule has 4 nitrogen and oxygen atoms in total. The summed E-state index contributed by atoms with van der Waals surface area (Å²) in [5.74, 6) is 0.855. The lowest BCUT2D eigenvalue weighted by Gasteiger charge is -2.23. The van der Waals surface area contributed by atoms with Crippen LogP contribution in [0.5, 0.6) is 5.75 Å². The lowest BCUT2D eigenvalue weighted by atomic mass is 10.0. The molecule has 20 heavy (non-hydrogen) atoms. The van der Waals surface area contributed by atoms with Crippen LogP contribution in [0, 0.1) is 0 Å². The summed E-state index contributed by atoms with van der Waals surface area (Å²) in [6.07, 6.45) is 0.892. The van der Waals surface area contributed by atoms with Gasteiger partial charge in [-0.2, -0.15) is 0 Å². The first kappa shape index (κ1) is 16.5. The summed E-state index contributed by atoms with van der Waals surface area (Å²) in [5, 5.41) is 6.24. The molecular formula is C16H26N2O2. The zero-order chi connectivity index (χ0) is 15.2. The number of hydrogen-bond donors (Lipinski definition) is 2. The second kappa shape index (κ2) is 7.29. The summed E-state index contributed by atoms with van der Waals surface area (Å²) in [5.41, 5.74) is 0.881. The van der Waals surface area contributed by atoms with Crippen molar-refractivity contribution in [2.45, 2.75) is 45.7 Å². The molecule has 0 spiro atoms. The highest BCUT2D eigenvalue weighted by molar-refractivity contribution is 5.78. The van der Waals surface area contributed by atoms with E-state index in [4.69, 9.17) is 4.74 Å². The molecule has 4 heteroatoms. The maximum atomic E-state index is 11.9. The van der Waals surface area contributed by atoms with E-state index in [0.717, 1.165) is 17.7 Å². The number of methoxy groups -OCH3 is 1. The fraction of sp³-hybridized carbons (Fsp3) is 0.562. The first-order chi connectivity index (χ1) is 9.37. The largest absolute Gasteiger partial charge is 0.496 e. The lowest BCUT2D eigenvalue weighted by molar-refractivity contribution is -0.121. The monoisotopic (exact) mass is 278 g/mol. The van der Waals surface area contributed by atoms with Crippen LogP contribution in [0.3, 0.4) is 0 Å². The number of amides is 1. The molecule has 2 N–H and O–H groups in total. The van der Waals surface area contributed by atoms with Gasteiger partial charge in [0.1, 0.15) is 5.75 Å². The Labute approximate surface area is 121 Å². The summed E-state index contributed by atoms with van der Waals surface area (Å²) in [4.78, 5) is 11.9. The summed E-state index contributed by atoms with van der Waals surface area (Å²) in [6, 6.07) is 8.01. The number of hydrogen-bond acceptors (Lipinski definition) is 3. The third-order valence-corrected chi connectivity index (χ3v) is 2.95. The van der Waals surface area contributed by atoms with Crippen LogP contribution in [0.2, 0.25) is 0 Å². The predicted molar refractivity (Wildman–Crippen MR) is 81.9 cm³/mol. The Morgan fingerprint density at radius 3 is 2.50 bits per heavy atom. The zero-order valence-corrected chi connectivity index (χ0v) is 13.1. The van der Waals surface area contributed by atoms with E-state index in [1.165, 1.54) is 0 Å². The maximum Gasteiger partial charge on any atom is 0.234 e. The average molecular weight is 278 g/mol. The molecule has 1 rings (SSSR count). The standard InChI is InChI=1S/C16H26N2O2/c1-6-13(12-9-7-8-10-14(12)20-5)17-11-15(19)18-16(2,3)4/h7-10,13,17H,6,11H2,1-5H3,(H,18,19). The molecule has 0 aliphatic rings. The molecule has 1 amide bonds. The van der Waals surface area contributed by atoms with Crippen LogP contribution in [0.15, 0.2) is 24.3 Å². The predicted octanol–water partition coefficient (Wildman–Crippen LogP) is 2.65. The van der Waals surface area contributed by atoms with E-state index in [0.29, 0.717) is 6.54 Å². The zero-order valence-electron chi connectivity index (χ0n) is 13.1. The van der Waals surface area contributed by atoms with Crippen molar-refractivity contribution in [1.29, 1.82) is 0 Å². The van der Waals surface area contributed by atoms with Crippen LogP contribution in [-0.4, -0.2) is 25.1 Å². The summed E-state index contributed by atoms with van der Waals surface area (Å²) in [7, 11) is 1.66. The van der Waals surface area contributed by atoms with Crippen molar-refractivity contribution in [3.63, 3.8) is 0 Å². The van der Waals surface area contributed by atoms with Crippen LogP contribution in [0.4, 0.5) is 0 Å². The van der Waals surface area contributed by atoms with Gasteiger partial charge in [0.25, 0.3) is 0 Å². The van der Waals surface area contributed by atoms with E-state index >= 15 is 0 Å². The minimum atomic E-state index is -0.203. The molecule has 0 radical (unpaired) electrons. The third kappa shape index (κ3) is 5.21. The molecule has 1 aromatic carbocycles. The van der Waals surface area contributed by atoms with Gasteiger partial charge < -0.3 is 15.4 Å². The quantitative estimate of drug-likeness (QED) is 0.841. The van der Waals surface area contributed by atoms with Crippen molar-refractivity contribution in [3.8, 4) is 5.75 Å². The van der Waals surface area contributed by atoms with Crippen molar-refractivity contribution >= 4 is 5.91 Å². The lowest BCUT2D eigenvalue weighted by Crippen LogP contribution is -2.45. The van der Waals surface area contributed by atoms with Crippen LogP contribution < -0.4 is 15.4 Å². The van der Waals surface area contributed by atoms with E-state index in [-0.39, 0.29) is 17.5 Å². The highest BCUT2D eigenvalue weighted by Crippen LogP contribution is 2.26. The van der Waals surface area contributed by atoms with E-state index in [9.17, 15) is 4.79 Å². The maximum absolute atomic E-state index is 11.9. The second-order valence-electron chi connectivity index (χ2n) is 5.88. The van der Waals surface area contributed by atoms with Crippen LogP contribution in [0.1, 0.15) is 45.7 Å². The molecule has 0 aliphatic carbocycles. The molecule has 0 saturated heterocycles. The fourth-order valence-corrected chi connectivity index (χ4v) is 2.11. The smallest absolute Gasteiger partial charge is 0.234 e. The first-order valence-electron chi connectivity index (χ1n) is 7.04. The summed E-state index contributed by atoms with van der Waals surface area (Å²) < 4.78 is 5.37. The number of para-hydroxylation sites is 1. The van der Waals surface area contributed by atoms with Crippen molar-refractivity contribution in [1.82, 2.24) is 10.6 Å². The molecule has 1 atom stereocenters. The number of nitrogens with one attached hydrogen (secondary N) is 2. The number of rotatable bonds is 6. The van der Waals surface area contributed by atoms with Crippen LogP contribution >= 0.6 is 0 Å². The van der Waals surface area contributed by atoms with Gasteiger partial charge >= 0.3 is 0 Å². The Hall–Kier alpha value is -1.55. The molecule has 0 aromatic heterocycles. The molecule has 0 saturated carbocycles. The van der Waals surface area contributed by atoms with Crippen molar-refractivity contribution in [2.75, 3.05) is 13.7 Å². The van der Waals surface area contributed by atoms with Gasteiger partial charge in [0.15, 0.2) is 0 Å².